The van der Waals surface area contributed by atoms with E-state index in [9.17, 15) is 14.7 Å². The molecule has 1 aliphatic rings. The molecule has 1 aliphatic heterocycles. The van der Waals surface area contributed by atoms with E-state index in [1.807, 2.05) is 31.2 Å². The molecule has 1 unspecified atom stereocenters. The molecular formula is C17H18N2O3. The zero-order valence-corrected chi connectivity index (χ0v) is 12.7. The summed E-state index contributed by atoms with van der Waals surface area (Å²) in [6.45, 7) is 3.93. The van der Waals surface area contributed by atoms with Gasteiger partial charge in [-0.3, -0.25) is 9.78 Å². The number of carboxylic acids is 1. The summed E-state index contributed by atoms with van der Waals surface area (Å²) in [7, 11) is 0. The van der Waals surface area contributed by atoms with Crippen molar-refractivity contribution in [3.8, 4) is 0 Å². The molecule has 0 radical (unpaired) electrons. The van der Waals surface area contributed by atoms with Crippen LogP contribution in [0.2, 0.25) is 0 Å². The van der Waals surface area contributed by atoms with Gasteiger partial charge in [0.1, 0.15) is 5.54 Å². The fourth-order valence-corrected chi connectivity index (χ4v) is 3.14. The van der Waals surface area contributed by atoms with E-state index in [4.69, 9.17) is 0 Å². The summed E-state index contributed by atoms with van der Waals surface area (Å²) < 4.78 is 0. The molecule has 2 aromatic rings. The first-order valence-corrected chi connectivity index (χ1v) is 7.35. The predicted molar refractivity (Wildman–Crippen MR) is 82.8 cm³/mol. The lowest BCUT2D eigenvalue weighted by Gasteiger charge is -2.31. The maximum atomic E-state index is 13.0. The second-order valence-corrected chi connectivity index (χ2v) is 5.97. The Morgan fingerprint density at radius 1 is 1.32 bits per heavy atom. The standard InChI is InChI=1S/C17H18N2O3/c1-11-10-13(12-6-3-4-7-14(12)18-11)15(20)19-9-5-8-17(19,2)16(21)22/h3-4,6-7,10H,5,8-9H2,1-2H3,(H,21,22). The molecule has 3 rings (SSSR count). The van der Waals surface area contributed by atoms with Gasteiger partial charge in [-0.2, -0.15) is 0 Å². The normalized spacial score (nSPS) is 21.3. The second kappa shape index (κ2) is 5.09. The van der Waals surface area contributed by atoms with Gasteiger partial charge < -0.3 is 10.0 Å². The second-order valence-electron chi connectivity index (χ2n) is 5.97. The Balaban J connectivity index is 2.12. The van der Waals surface area contributed by atoms with Crippen LogP contribution >= 0.6 is 0 Å². The Kier molecular flexibility index (Phi) is 3.35. The molecule has 1 aromatic heterocycles. The minimum atomic E-state index is -1.13. The van der Waals surface area contributed by atoms with Gasteiger partial charge in [0.25, 0.3) is 5.91 Å². The lowest BCUT2D eigenvalue weighted by atomic mass is 9.98. The van der Waals surface area contributed by atoms with Crippen molar-refractivity contribution in [1.29, 1.82) is 0 Å². The fraction of sp³-hybridized carbons (Fsp3) is 0.353. The van der Waals surface area contributed by atoms with Gasteiger partial charge >= 0.3 is 5.97 Å². The van der Waals surface area contributed by atoms with Crippen molar-refractivity contribution in [2.45, 2.75) is 32.2 Å². The van der Waals surface area contributed by atoms with E-state index in [0.717, 1.165) is 16.6 Å². The topological polar surface area (TPSA) is 70.5 Å². The summed E-state index contributed by atoms with van der Waals surface area (Å²) in [5.41, 5.74) is 0.896. The van der Waals surface area contributed by atoms with E-state index in [2.05, 4.69) is 4.98 Å². The van der Waals surface area contributed by atoms with E-state index in [-0.39, 0.29) is 5.91 Å². The van der Waals surface area contributed by atoms with E-state index < -0.39 is 11.5 Å². The summed E-state index contributed by atoms with van der Waals surface area (Å²) in [5.74, 6) is -1.18. The summed E-state index contributed by atoms with van der Waals surface area (Å²) in [6.07, 6.45) is 1.19. The molecule has 0 bridgehead atoms. The number of amides is 1. The number of aromatic nitrogens is 1. The Morgan fingerprint density at radius 2 is 2.05 bits per heavy atom. The Morgan fingerprint density at radius 3 is 2.77 bits per heavy atom. The minimum Gasteiger partial charge on any atom is -0.480 e. The molecule has 1 saturated heterocycles. The van der Waals surface area contributed by atoms with Crippen molar-refractivity contribution in [2.24, 2.45) is 0 Å². The van der Waals surface area contributed by atoms with Gasteiger partial charge in [0.2, 0.25) is 0 Å². The zero-order valence-electron chi connectivity index (χ0n) is 12.7. The first kappa shape index (κ1) is 14.5. The Labute approximate surface area is 128 Å². The number of likely N-dealkylation sites (tertiary alicyclic amines) is 1. The van der Waals surface area contributed by atoms with Crippen LogP contribution in [0.15, 0.2) is 30.3 Å². The zero-order chi connectivity index (χ0) is 15.9. The van der Waals surface area contributed by atoms with Crippen LogP contribution in [-0.2, 0) is 4.79 Å². The SMILES string of the molecule is Cc1cc(C(=O)N2CCCC2(C)C(=O)O)c2ccccc2n1. The number of rotatable bonds is 2. The number of carbonyl (C=O) groups is 2. The smallest absolute Gasteiger partial charge is 0.329 e. The number of hydrogen-bond donors (Lipinski definition) is 1. The highest BCUT2D eigenvalue weighted by Crippen LogP contribution is 2.32. The van der Waals surface area contributed by atoms with Gasteiger partial charge in [0.15, 0.2) is 0 Å². The van der Waals surface area contributed by atoms with Crippen LogP contribution in [0.25, 0.3) is 10.9 Å². The van der Waals surface area contributed by atoms with Crippen LogP contribution < -0.4 is 0 Å². The van der Waals surface area contributed by atoms with Crippen LogP contribution in [-0.4, -0.2) is 39.0 Å². The molecule has 1 amide bonds. The van der Waals surface area contributed by atoms with Gasteiger partial charge in [-0.05, 0) is 38.8 Å². The molecule has 5 nitrogen and oxygen atoms in total. The maximum Gasteiger partial charge on any atom is 0.329 e. The minimum absolute atomic E-state index is 0.232. The van der Waals surface area contributed by atoms with Crippen LogP contribution in [0, 0.1) is 6.92 Å². The molecule has 1 N–H and O–H groups in total. The molecule has 114 valence electrons. The largest absolute Gasteiger partial charge is 0.480 e. The summed E-state index contributed by atoms with van der Waals surface area (Å²) >= 11 is 0. The number of aryl methyl sites for hydroxylation is 1. The number of para-hydroxylation sites is 1. The van der Waals surface area contributed by atoms with Gasteiger partial charge in [-0.15, -0.1) is 0 Å². The molecule has 0 spiro atoms. The lowest BCUT2D eigenvalue weighted by Crippen LogP contribution is -2.50. The van der Waals surface area contributed by atoms with Gasteiger partial charge in [-0.1, -0.05) is 18.2 Å². The number of pyridine rings is 1. The molecule has 1 atom stereocenters. The molecule has 5 heteroatoms. The Bertz CT molecular complexity index is 772. The first-order valence-electron chi connectivity index (χ1n) is 7.35. The fourth-order valence-electron chi connectivity index (χ4n) is 3.14. The van der Waals surface area contributed by atoms with E-state index >= 15 is 0 Å². The molecule has 0 aliphatic carbocycles. The molecule has 2 heterocycles. The van der Waals surface area contributed by atoms with Crippen molar-refractivity contribution < 1.29 is 14.7 Å². The highest BCUT2D eigenvalue weighted by molar-refractivity contribution is 6.07. The maximum absolute atomic E-state index is 13.0. The number of nitrogens with zero attached hydrogens (tertiary/aromatic N) is 2. The van der Waals surface area contributed by atoms with Gasteiger partial charge in [-0.25, -0.2) is 4.79 Å². The third kappa shape index (κ3) is 2.13. The van der Waals surface area contributed by atoms with E-state index in [0.29, 0.717) is 24.9 Å². The number of fused-ring (bicyclic) bond motifs is 1. The summed E-state index contributed by atoms with van der Waals surface area (Å²) in [4.78, 5) is 30.5. The molecule has 1 fully saturated rings. The molecule has 1 aromatic carbocycles. The number of carboxylic acid groups (broad SMARTS) is 1. The van der Waals surface area contributed by atoms with Crippen molar-refractivity contribution in [1.82, 2.24) is 9.88 Å². The molecular weight excluding hydrogens is 280 g/mol. The number of benzene rings is 1. The average Bonchev–Trinajstić information content (AvgIpc) is 2.89. The van der Waals surface area contributed by atoms with Crippen LogP contribution in [0.1, 0.15) is 35.8 Å². The molecule has 22 heavy (non-hydrogen) atoms. The number of hydrogen-bond acceptors (Lipinski definition) is 3. The van der Waals surface area contributed by atoms with Crippen LogP contribution in [0.3, 0.4) is 0 Å². The molecule has 0 saturated carbocycles. The van der Waals surface area contributed by atoms with Crippen molar-refractivity contribution >= 4 is 22.8 Å². The first-order chi connectivity index (χ1) is 10.4. The lowest BCUT2D eigenvalue weighted by molar-refractivity contribution is -0.147. The predicted octanol–water partition coefficient (Wildman–Crippen LogP) is 2.62. The van der Waals surface area contributed by atoms with Crippen molar-refractivity contribution in [3.63, 3.8) is 0 Å². The highest BCUT2D eigenvalue weighted by Gasteiger charge is 2.46. The average molecular weight is 298 g/mol. The third-order valence-corrected chi connectivity index (χ3v) is 4.42. The summed E-state index contributed by atoms with van der Waals surface area (Å²) in [5, 5.41) is 10.3. The van der Waals surface area contributed by atoms with Crippen LogP contribution in [0.4, 0.5) is 0 Å². The van der Waals surface area contributed by atoms with Gasteiger partial charge in [0.05, 0.1) is 11.1 Å². The number of carbonyl (C=O) groups excluding carboxylic acids is 1. The third-order valence-electron chi connectivity index (χ3n) is 4.42. The van der Waals surface area contributed by atoms with E-state index in [1.165, 1.54) is 4.90 Å². The summed E-state index contributed by atoms with van der Waals surface area (Å²) in [6, 6.07) is 9.19. The van der Waals surface area contributed by atoms with Gasteiger partial charge in [0, 0.05) is 17.6 Å². The number of aliphatic carboxylic acids is 1. The van der Waals surface area contributed by atoms with Crippen molar-refractivity contribution in [3.05, 3.63) is 41.6 Å². The monoisotopic (exact) mass is 298 g/mol. The highest BCUT2D eigenvalue weighted by atomic mass is 16.4. The van der Waals surface area contributed by atoms with Crippen molar-refractivity contribution in [2.75, 3.05) is 6.54 Å². The van der Waals surface area contributed by atoms with Crippen LogP contribution in [0.5, 0.6) is 0 Å². The Hall–Kier alpha value is -2.43. The quantitative estimate of drug-likeness (QED) is 0.925. The van der Waals surface area contributed by atoms with E-state index in [1.54, 1.807) is 13.0 Å².